The first-order valence-electron chi connectivity index (χ1n) is 9.44. The van der Waals surface area contributed by atoms with Crippen LogP contribution in [0.5, 0.6) is 23.0 Å². The van der Waals surface area contributed by atoms with Crippen LogP contribution in [-0.2, 0) is 4.74 Å². The molecule has 2 aliphatic rings. The number of phenolic OH excluding ortho intramolecular Hbond substituents is 3. The van der Waals surface area contributed by atoms with Crippen molar-refractivity contribution < 1.29 is 44.5 Å². The van der Waals surface area contributed by atoms with Gasteiger partial charge in [-0.3, -0.25) is 4.79 Å². The van der Waals surface area contributed by atoms with Gasteiger partial charge in [0.25, 0.3) is 0 Å². The van der Waals surface area contributed by atoms with Gasteiger partial charge < -0.3 is 44.5 Å². The number of hydrogen-bond donors (Lipinski definition) is 6. The number of aliphatic hydroxyl groups excluding tert-OH is 3. The molecule has 2 aliphatic heterocycles. The highest BCUT2D eigenvalue weighted by atomic mass is 16.6. The van der Waals surface area contributed by atoms with Crippen LogP contribution in [-0.4, -0.2) is 61.7 Å². The Morgan fingerprint density at radius 3 is 2.32 bits per heavy atom. The molecule has 2 aromatic carbocycles. The molecular weight excluding hydrogens is 412 g/mol. The summed E-state index contributed by atoms with van der Waals surface area (Å²) in [5.74, 6) is -0.833. The molecule has 5 atom stereocenters. The van der Waals surface area contributed by atoms with Crippen molar-refractivity contribution in [1.82, 2.24) is 0 Å². The van der Waals surface area contributed by atoms with Crippen LogP contribution in [0.15, 0.2) is 39.5 Å². The number of benzene rings is 2. The zero-order valence-corrected chi connectivity index (χ0v) is 15.8. The predicted molar refractivity (Wildman–Crippen MR) is 104 cm³/mol. The maximum atomic E-state index is 12.8. The molecule has 3 aromatic rings. The van der Waals surface area contributed by atoms with Crippen molar-refractivity contribution in [2.24, 2.45) is 0 Å². The van der Waals surface area contributed by atoms with E-state index in [1.807, 2.05) is 0 Å². The van der Waals surface area contributed by atoms with Crippen molar-refractivity contribution in [3.63, 3.8) is 0 Å². The number of fused-ring (bicyclic) bond motifs is 5. The second-order valence-corrected chi connectivity index (χ2v) is 7.57. The molecule has 6 N–H and O–H groups in total. The number of aromatic hydroxyl groups is 3. The van der Waals surface area contributed by atoms with Crippen molar-refractivity contribution in [3.8, 4) is 34.3 Å². The Labute approximate surface area is 173 Å². The summed E-state index contributed by atoms with van der Waals surface area (Å²) in [4.78, 5) is 12.8. The minimum Gasteiger partial charge on any atom is -0.508 e. The SMILES string of the molecule is O=c1cc(-c2cc(O)cc(O)c2)oc2c3c(cc(O)c12)O[C@H]1[C@@H](O)[C@H](O)[C@@H](CO)O[C@@H]31. The second-order valence-electron chi connectivity index (χ2n) is 7.57. The fourth-order valence-corrected chi connectivity index (χ4v) is 4.16. The van der Waals surface area contributed by atoms with Gasteiger partial charge in [0.1, 0.15) is 58.6 Å². The molecule has 0 spiro atoms. The fourth-order valence-electron chi connectivity index (χ4n) is 4.16. The Bertz CT molecular complexity index is 1230. The van der Waals surface area contributed by atoms with Gasteiger partial charge in [0.15, 0.2) is 17.1 Å². The lowest BCUT2D eigenvalue weighted by atomic mass is 9.92. The van der Waals surface area contributed by atoms with Gasteiger partial charge >= 0.3 is 0 Å². The maximum absolute atomic E-state index is 12.8. The van der Waals surface area contributed by atoms with Gasteiger partial charge in [-0.1, -0.05) is 0 Å². The molecule has 5 rings (SSSR count). The van der Waals surface area contributed by atoms with E-state index in [0.29, 0.717) is 0 Å². The van der Waals surface area contributed by atoms with E-state index < -0.39 is 48.3 Å². The van der Waals surface area contributed by atoms with Crippen LogP contribution in [0, 0.1) is 0 Å². The number of rotatable bonds is 2. The Balaban J connectivity index is 1.74. The molecule has 10 heteroatoms. The Morgan fingerprint density at radius 2 is 1.65 bits per heavy atom. The smallest absolute Gasteiger partial charge is 0.197 e. The Hall–Kier alpha value is -3.31. The highest BCUT2D eigenvalue weighted by molar-refractivity contribution is 5.90. The summed E-state index contributed by atoms with van der Waals surface area (Å²) in [5.41, 5.74) is -0.242. The molecule has 0 amide bonds. The Morgan fingerprint density at radius 1 is 0.935 bits per heavy atom. The molecule has 0 saturated carbocycles. The molecule has 1 fully saturated rings. The van der Waals surface area contributed by atoms with Gasteiger partial charge in [0.2, 0.25) is 0 Å². The van der Waals surface area contributed by atoms with Crippen LogP contribution in [0.4, 0.5) is 0 Å². The second kappa shape index (κ2) is 6.86. The van der Waals surface area contributed by atoms with E-state index >= 15 is 0 Å². The highest BCUT2D eigenvalue weighted by Crippen LogP contribution is 2.50. The molecule has 162 valence electrons. The van der Waals surface area contributed by atoms with Gasteiger partial charge in [-0.05, 0) is 12.1 Å². The first-order valence-corrected chi connectivity index (χ1v) is 9.44. The maximum Gasteiger partial charge on any atom is 0.197 e. The van der Waals surface area contributed by atoms with Gasteiger partial charge in [-0.25, -0.2) is 0 Å². The third kappa shape index (κ3) is 2.92. The molecule has 1 saturated heterocycles. The summed E-state index contributed by atoms with van der Waals surface area (Å²) in [6.07, 6.45) is -5.97. The number of hydrogen-bond acceptors (Lipinski definition) is 10. The van der Waals surface area contributed by atoms with Crippen molar-refractivity contribution in [1.29, 1.82) is 0 Å². The molecule has 10 nitrogen and oxygen atoms in total. The summed E-state index contributed by atoms with van der Waals surface area (Å²) in [6.45, 7) is -0.565. The molecule has 0 unspecified atom stereocenters. The van der Waals surface area contributed by atoms with Gasteiger partial charge in [-0.2, -0.15) is 0 Å². The highest BCUT2D eigenvalue weighted by Gasteiger charge is 2.52. The summed E-state index contributed by atoms with van der Waals surface area (Å²) < 4.78 is 17.3. The molecule has 1 aromatic heterocycles. The molecule has 0 bridgehead atoms. The van der Waals surface area contributed by atoms with Gasteiger partial charge in [-0.15, -0.1) is 0 Å². The molecule has 0 radical (unpaired) electrons. The first kappa shape index (κ1) is 19.6. The van der Waals surface area contributed by atoms with Crippen molar-refractivity contribution in [2.75, 3.05) is 6.61 Å². The van der Waals surface area contributed by atoms with E-state index in [2.05, 4.69) is 0 Å². The third-order valence-electron chi connectivity index (χ3n) is 5.58. The van der Waals surface area contributed by atoms with Crippen LogP contribution in [0.2, 0.25) is 0 Å². The summed E-state index contributed by atoms with van der Waals surface area (Å²) in [5, 5.41) is 59.8. The van der Waals surface area contributed by atoms with E-state index in [0.717, 1.165) is 12.1 Å². The van der Waals surface area contributed by atoms with E-state index in [-0.39, 0.29) is 45.1 Å². The van der Waals surface area contributed by atoms with Crippen molar-refractivity contribution >= 4 is 11.0 Å². The largest absolute Gasteiger partial charge is 0.508 e. The van der Waals surface area contributed by atoms with E-state index in [1.165, 1.54) is 18.2 Å². The zero-order valence-electron chi connectivity index (χ0n) is 15.8. The summed E-state index contributed by atoms with van der Waals surface area (Å²) in [7, 11) is 0. The average Bonchev–Trinajstić information content (AvgIpc) is 3.08. The molecule has 0 aliphatic carbocycles. The topological polar surface area (TPSA) is 170 Å². The summed E-state index contributed by atoms with van der Waals surface area (Å²) in [6, 6.07) is 5.98. The van der Waals surface area contributed by atoms with Crippen LogP contribution < -0.4 is 10.2 Å². The van der Waals surface area contributed by atoms with Crippen molar-refractivity contribution in [2.45, 2.75) is 30.5 Å². The minimum atomic E-state index is -1.40. The lowest BCUT2D eigenvalue weighted by Gasteiger charge is -2.38. The molecule has 31 heavy (non-hydrogen) atoms. The lowest BCUT2D eigenvalue weighted by Crippen LogP contribution is -2.55. The monoisotopic (exact) mass is 430 g/mol. The number of ether oxygens (including phenoxy) is 2. The predicted octanol–water partition coefficient (Wildman–Crippen LogP) is 0.492. The lowest BCUT2D eigenvalue weighted by molar-refractivity contribution is -0.215. The first-order chi connectivity index (χ1) is 14.8. The van der Waals surface area contributed by atoms with Crippen LogP contribution >= 0.6 is 0 Å². The normalized spacial score (nSPS) is 27.0. The summed E-state index contributed by atoms with van der Waals surface area (Å²) >= 11 is 0. The van der Waals surface area contributed by atoms with Crippen molar-refractivity contribution in [3.05, 3.63) is 46.1 Å². The van der Waals surface area contributed by atoms with Gasteiger partial charge in [0.05, 0.1) is 12.2 Å². The van der Waals surface area contributed by atoms with E-state index in [9.17, 15) is 35.4 Å². The fraction of sp³-hybridized carbons (Fsp3) is 0.286. The molecular formula is C21H18O10. The van der Waals surface area contributed by atoms with E-state index in [4.69, 9.17) is 13.9 Å². The van der Waals surface area contributed by atoms with Crippen LogP contribution in [0.25, 0.3) is 22.3 Å². The van der Waals surface area contributed by atoms with Crippen LogP contribution in [0.3, 0.4) is 0 Å². The van der Waals surface area contributed by atoms with Gasteiger partial charge in [0, 0.05) is 23.8 Å². The van der Waals surface area contributed by atoms with Crippen LogP contribution in [0.1, 0.15) is 11.7 Å². The number of phenols is 3. The standard InChI is InChI=1S/C21H18O10/c22-6-14-17(27)18(28)21-20(31-14)16-13(30-21)5-11(26)15-10(25)4-12(29-19(15)16)7-1-8(23)3-9(24)2-7/h1-5,14,17-18,20-24,26-28H,6H2/t14-,17-,18+,20+,21+/m1/s1. The number of aliphatic hydroxyl groups is 3. The Kier molecular flexibility index (Phi) is 4.34. The quantitative estimate of drug-likeness (QED) is 0.336. The minimum absolute atomic E-state index is 0.00458. The molecule has 3 heterocycles. The zero-order chi connectivity index (χ0) is 22.0. The average molecular weight is 430 g/mol. The van der Waals surface area contributed by atoms with E-state index in [1.54, 1.807) is 0 Å². The third-order valence-corrected chi connectivity index (χ3v) is 5.58.